The molecule has 0 unspecified atom stereocenters. The van der Waals surface area contributed by atoms with Crippen molar-refractivity contribution >= 4 is 23.5 Å². The van der Waals surface area contributed by atoms with Crippen molar-refractivity contribution in [1.82, 2.24) is 14.9 Å². The van der Waals surface area contributed by atoms with E-state index in [9.17, 15) is 14.4 Å². The molecule has 6 rings (SSSR count). The minimum atomic E-state index is -0.688. The van der Waals surface area contributed by atoms with Gasteiger partial charge >= 0.3 is 5.97 Å². The third kappa shape index (κ3) is 4.65. The lowest BCUT2D eigenvalue weighted by molar-refractivity contribution is -0.148. The second-order valence-electron chi connectivity index (χ2n) is 11.3. The smallest absolute Gasteiger partial charge is 0.338 e. The van der Waals surface area contributed by atoms with Crippen LogP contribution in [-0.2, 0) is 14.3 Å². The van der Waals surface area contributed by atoms with Gasteiger partial charge in [0, 0.05) is 17.8 Å². The summed E-state index contributed by atoms with van der Waals surface area (Å²) in [4.78, 5) is 43.7. The summed E-state index contributed by atoms with van der Waals surface area (Å²) in [5.41, 5.74) is 1.14. The summed E-state index contributed by atoms with van der Waals surface area (Å²) in [7, 11) is 0. The number of benzene rings is 1. The van der Waals surface area contributed by atoms with Crippen molar-refractivity contribution in [2.75, 3.05) is 11.9 Å². The molecule has 1 aromatic heterocycles. The normalized spacial score (nSPS) is 27.1. The average molecular weight is 493 g/mol. The number of aromatic nitrogens is 2. The minimum absolute atomic E-state index is 0.0329. The van der Waals surface area contributed by atoms with Crippen LogP contribution < -0.4 is 10.6 Å². The predicted octanol–water partition coefficient (Wildman–Crippen LogP) is 4.34. The molecule has 36 heavy (non-hydrogen) atoms. The van der Waals surface area contributed by atoms with Crippen LogP contribution in [0.5, 0.6) is 0 Å². The summed E-state index contributed by atoms with van der Waals surface area (Å²) in [5.74, 6) is 1.12. The Hall–Kier alpha value is -3.16. The number of nitrogens with one attached hydrogen (secondary N) is 2. The summed E-state index contributed by atoms with van der Waals surface area (Å²) >= 11 is 0. The predicted molar refractivity (Wildman–Crippen MR) is 136 cm³/mol. The summed E-state index contributed by atoms with van der Waals surface area (Å²) in [6, 6.07) is 4.34. The molecule has 1 aromatic carbocycles. The monoisotopic (exact) mass is 492 g/mol. The van der Waals surface area contributed by atoms with E-state index in [2.05, 4.69) is 15.6 Å². The first-order valence-corrected chi connectivity index (χ1v) is 13.2. The number of anilines is 1. The molecule has 4 fully saturated rings. The molecule has 1 atom stereocenters. The van der Waals surface area contributed by atoms with Gasteiger partial charge in [-0.15, -0.1) is 0 Å². The Morgan fingerprint density at radius 2 is 1.78 bits per heavy atom. The van der Waals surface area contributed by atoms with Crippen LogP contribution in [0.25, 0.3) is 5.69 Å². The highest BCUT2D eigenvalue weighted by atomic mass is 16.5. The Morgan fingerprint density at radius 3 is 2.33 bits per heavy atom. The van der Waals surface area contributed by atoms with Crippen molar-refractivity contribution in [3.05, 3.63) is 42.5 Å². The van der Waals surface area contributed by atoms with E-state index in [0.29, 0.717) is 34.7 Å². The molecule has 4 aliphatic carbocycles. The van der Waals surface area contributed by atoms with Crippen molar-refractivity contribution in [1.29, 1.82) is 0 Å². The van der Waals surface area contributed by atoms with Gasteiger partial charge in [-0.1, -0.05) is 13.8 Å². The summed E-state index contributed by atoms with van der Waals surface area (Å²) in [5, 5.41) is 6.13. The Kier molecular flexibility index (Phi) is 6.62. The molecule has 8 nitrogen and oxygen atoms in total. The number of imidazole rings is 1. The molecule has 4 aliphatic rings. The molecule has 2 aromatic rings. The van der Waals surface area contributed by atoms with E-state index in [1.165, 1.54) is 19.3 Å². The number of ether oxygens (including phenoxy) is 1. The molecule has 8 heteroatoms. The van der Waals surface area contributed by atoms with E-state index in [1.807, 2.05) is 13.8 Å². The van der Waals surface area contributed by atoms with E-state index < -0.39 is 12.0 Å². The lowest BCUT2D eigenvalue weighted by Gasteiger charge is -2.55. The van der Waals surface area contributed by atoms with Gasteiger partial charge in [-0.3, -0.25) is 9.59 Å². The zero-order chi connectivity index (χ0) is 25.4. The summed E-state index contributed by atoms with van der Waals surface area (Å²) < 4.78 is 6.91. The number of amides is 2. The Morgan fingerprint density at radius 1 is 1.11 bits per heavy atom. The first-order valence-electron chi connectivity index (χ1n) is 13.2. The first kappa shape index (κ1) is 24.5. The van der Waals surface area contributed by atoms with Crippen LogP contribution in [-0.4, -0.2) is 40.0 Å². The number of esters is 1. The molecule has 4 bridgehead atoms. The Bertz CT molecular complexity index is 1110. The first-order chi connectivity index (χ1) is 17.3. The van der Waals surface area contributed by atoms with Crippen LogP contribution in [0.15, 0.2) is 36.9 Å². The lowest BCUT2D eigenvalue weighted by Crippen LogP contribution is -2.57. The van der Waals surface area contributed by atoms with E-state index in [-0.39, 0.29) is 29.8 Å². The van der Waals surface area contributed by atoms with Crippen molar-refractivity contribution in [3.8, 4) is 5.69 Å². The fraction of sp³-hybridized carbons (Fsp3) is 0.571. The number of hydrogen-bond donors (Lipinski definition) is 2. The van der Waals surface area contributed by atoms with Gasteiger partial charge in [0.1, 0.15) is 6.04 Å². The van der Waals surface area contributed by atoms with E-state index in [4.69, 9.17) is 4.74 Å². The maximum absolute atomic E-state index is 13.7. The van der Waals surface area contributed by atoms with E-state index in [1.54, 1.807) is 48.4 Å². The highest BCUT2D eigenvalue weighted by Crippen LogP contribution is 2.60. The topological polar surface area (TPSA) is 102 Å². The quantitative estimate of drug-likeness (QED) is 0.534. The number of nitrogens with zero attached hydrogens (tertiary/aromatic N) is 2. The molecule has 192 valence electrons. The lowest BCUT2D eigenvalue weighted by atomic mass is 9.49. The van der Waals surface area contributed by atoms with Gasteiger partial charge < -0.3 is 19.9 Å². The Labute approximate surface area is 212 Å². The van der Waals surface area contributed by atoms with Gasteiger partial charge in [-0.2, -0.15) is 0 Å². The van der Waals surface area contributed by atoms with Crippen LogP contribution in [0.2, 0.25) is 0 Å². The standard InChI is InChI=1S/C28H36N4O4/c1-4-36-26(34)21-5-6-23(32-8-7-29-16-32)22(12-21)30-25(33)24(17(2)3)31-27(35)28-13-18-9-19(14-28)11-20(10-18)15-28/h5-8,12,16-20,24H,4,9-11,13-15H2,1-3H3,(H,30,33)(H,31,35)/t18?,19?,20?,24-,28?/m0/s1. The third-order valence-corrected chi connectivity index (χ3v) is 8.30. The molecular weight excluding hydrogens is 456 g/mol. The molecule has 0 spiro atoms. The van der Waals surface area contributed by atoms with Gasteiger partial charge in [0.25, 0.3) is 0 Å². The summed E-state index contributed by atoms with van der Waals surface area (Å²) in [6.07, 6.45) is 11.7. The fourth-order valence-corrected chi connectivity index (χ4v) is 7.03. The van der Waals surface area contributed by atoms with Crippen molar-refractivity contribution < 1.29 is 19.1 Å². The molecule has 1 heterocycles. The second kappa shape index (κ2) is 9.71. The molecule has 0 aliphatic heterocycles. The van der Waals surface area contributed by atoms with Gasteiger partial charge in [-0.25, -0.2) is 9.78 Å². The Balaban J connectivity index is 1.37. The van der Waals surface area contributed by atoms with Crippen LogP contribution in [0.4, 0.5) is 5.69 Å². The number of hydrogen-bond acceptors (Lipinski definition) is 5. The zero-order valence-electron chi connectivity index (χ0n) is 21.3. The molecule has 2 amide bonds. The highest BCUT2D eigenvalue weighted by Gasteiger charge is 2.55. The van der Waals surface area contributed by atoms with Crippen LogP contribution in [0, 0.1) is 29.1 Å². The number of carbonyl (C=O) groups excluding carboxylic acids is 3. The average Bonchev–Trinajstić information content (AvgIpc) is 3.36. The van der Waals surface area contributed by atoms with Crippen molar-refractivity contribution in [2.45, 2.75) is 65.3 Å². The van der Waals surface area contributed by atoms with Crippen molar-refractivity contribution in [2.24, 2.45) is 29.1 Å². The highest BCUT2D eigenvalue weighted by molar-refractivity contribution is 6.01. The number of carbonyl (C=O) groups is 3. The molecular formula is C28H36N4O4. The van der Waals surface area contributed by atoms with E-state index >= 15 is 0 Å². The SMILES string of the molecule is CCOC(=O)c1ccc(-n2ccnc2)c(NC(=O)[C@@H](NC(=O)C23CC4CC(CC(C4)C2)C3)C(C)C)c1. The maximum atomic E-state index is 13.7. The van der Waals surface area contributed by atoms with Crippen LogP contribution in [0.3, 0.4) is 0 Å². The van der Waals surface area contributed by atoms with Gasteiger partial charge in [0.05, 0.1) is 29.9 Å². The second-order valence-corrected chi connectivity index (χ2v) is 11.3. The van der Waals surface area contributed by atoms with Crippen LogP contribution in [0.1, 0.15) is 69.7 Å². The van der Waals surface area contributed by atoms with Gasteiger partial charge in [0.2, 0.25) is 11.8 Å². The van der Waals surface area contributed by atoms with Crippen molar-refractivity contribution in [3.63, 3.8) is 0 Å². The maximum Gasteiger partial charge on any atom is 0.338 e. The van der Waals surface area contributed by atoms with E-state index in [0.717, 1.165) is 19.3 Å². The molecule has 4 saturated carbocycles. The summed E-state index contributed by atoms with van der Waals surface area (Å²) in [6.45, 7) is 5.89. The fourth-order valence-electron chi connectivity index (χ4n) is 7.03. The third-order valence-electron chi connectivity index (χ3n) is 8.30. The minimum Gasteiger partial charge on any atom is -0.462 e. The zero-order valence-corrected chi connectivity index (χ0v) is 21.3. The van der Waals surface area contributed by atoms with Gasteiger partial charge in [0.15, 0.2) is 0 Å². The number of rotatable bonds is 8. The molecule has 2 N–H and O–H groups in total. The molecule has 0 radical (unpaired) electrons. The van der Waals surface area contributed by atoms with Gasteiger partial charge in [-0.05, 0) is 87.3 Å². The largest absolute Gasteiger partial charge is 0.462 e. The van der Waals surface area contributed by atoms with Crippen LogP contribution >= 0.6 is 0 Å². The molecule has 0 saturated heterocycles.